The van der Waals surface area contributed by atoms with Gasteiger partial charge in [-0.25, -0.2) is 0 Å². The molecule has 1 amide bonds. The van der Waals surface area contributed by atoms with Gasteiger partial charge in [-0.1, -0.05) is 0 Å². The van der Waals surface area contributed by atoms with Gasteiger partial charge in [0.25, 0.3) is 0 Å². The topological polar surface area (TPSA) is 45.2 Å². The van der Waals surface area contributed by atoms with Crippen LogP contribution in [0.2, 0.25) is 0 Å². The van der Waals surface area contributed by atoms with Crippen molar-refractivity contribution in [1.29, 1.82) is 0 Å². The van der Waals surface area contributed by atoms with Crippen LogP contribution in [0.3, 0.4) is 0 Å². The molecule has 0 radical (unpaired) electrons. The summed E-state index contributed by atoms with van der Waals surface area (Å²) in [7, 11) is 0. The molecule has 3 heterocycles. The fourth-order valence-electron chi connectivity index (χ4n) is 2.68. The van der Waals surface area contributed by atoms with Gasteiger partial charge in [-0.3, -0.25) is 14.7 Å². The summed E-state index contributed by atoms with van der Waals surface area (Å²) in [5.74, 6) is 0.0279. The molecule has 4 nitrogen and oxygen atoms in total. The van der Waals surface area contributed by atoms with E-state index in [1.807, 2.05) is 12.1 Å². The number of nitrogens with zero attached hydrogens (tertiary/aromatic N) is 2. The molecule has 1 atom stereocenters. The van der Waals surface area contributed by atoms with E-state index in [-0.39, 0.29) is 5.91 Å². The Morgan fingerprint density at radius 2 is 2.45 bits per heavy atom. The number of nitrogens with one attached hydrogen (secondary N) is 1. The van der Waals surface area contributed by atoms with Crippen LogP contribution in [0.25, 0.3) is 0 Å². The highest BCUT2D eigenvalue weighted by Gasteiger charge is 2.27. The van der Waals surface area contributed by atoms with Gasteiger partial charge in [0, 0.05) is 12.2 Å². The number of amides is 1. The first-order valence-corrected chi connectivity index (χ1v) is 7.73. The highest BCUT2D eigenvalue weighted by atomic mass is 32.1. The number of hydrogen-bond acceptors (Lipinski definition) is 4. The fourth-order valence-corrected chi connectivity index (χ4v) is 3.39. The highest BCUT2D eigenvalue weighted by molar-refractivity contribution is 7.07. The lowest BCUT2D eigenvalue weighted by atomic mass is 10.1. The molecule has 1 aliphatic heterocycles. The minimum Gasteiger partial charge on any atom is -0.324 e. The molecule has 0 aliphatic carbocycles. The predicted molar refractivity (Wildman–Crippen MR) is 80.7 cm³/mol. The molecule has 1 saturated heterocycles. The number of likely N-dealkylation sites (tertiary alicyclic amines) is 1. The molecule has 20 heavy (non-hydrogen) atoms. The predicted octanol–water partition coefficient (Wildman–Crippen LogP) is 2.92. The molecule has 1 aliphatic rings. The molecule has 0 bridgehead atoms. The van der Waals surface area contributed by atoms with Crippen LogP contribution in [0.4, 0.5) is 5.69 Å². The molecule has 0 aromatic carbocycles. The maximum absolute atomic E-state index is 12.1. The second kappa shape index (κ2) is 6.15. The van der Waals surface area contributed by atoms with E-state index >= 15 is 0 Å². The summed E-state index contributed by atoms with van der Waals surface area (Å²) < 4.78 is 0. The lowest BCUT2D eigenvalue weighted by Gasteiger charge is -2.23. The van der Waals surface area contributed by atoms with Crippen molar-refractivity contribution in [2.75, 3.05) is 18.4 Å². The molecule has 2 aromatic heterocycles. The van der Waals surface area contributed by atoms with Crippen molar-refractivity contribution in [2.24, 2.45) is 0 Å². The number of rotatable bonds is 4. The van der Waals surface area contributed by atoms with Crippen molar-refractivity contribution in [1.82, 2.24) is 9.88 Å². The Bertz CT molecular complexity index is 556. The number of anilines is 1. The van der Waals surface area contributed by atoms with Crippen molar-refractivity contribution >= 4 is 22.9 Å². The van der Waals surface area contributed by atoms with E-state index in [9.17, 15) is 4.79 Å². The van der Waals surface area contributed by atoms with E-state index in [2.05, 4.69) is 32.0 Å². The van der Waals surface area contributed by atoms with Gasteiger partial charge in [-0.15, -0.1) is 0 Å². The summed E-state index contributed by atoms with van der Waals surface area (Å²) in [5.41, 5.74) is 2.09. The van der Waals surface area contributed by atoms with Crippen molar-refractivity contribution < 1.29 is 4.79 Å². The van der Waals surface area contributed by atoms with Crippen LogP contribution in [0.5, 0.6) is 0 Å². The first kappa shape index (κ1) is 13.3. The summed E-state index contributed by atoms with van der Waals surface area (Å²) in [6.07, 6.45) is 5.65. The first-order chi connectivity index (χ1) is 9.83. The second-order valence-corrected chi connectivity index (χ2v) is 5.76. The van der Waals surface area contributed by atoms with Crippen molar-refractivity contribution in [3.63, 3.8) is 0 Å². The Kier molecular flexibility index (Phi) is 4.08. The van der Waals surface area contributed by atoms with Gasteiger partial charge in [-0.05, 0) is 53.9 Å². The summed E-state index contributed by atoms with van der Waals surface area (Å²) >= 11 is 1.71. The number of hydrogen-bond donors (Lipinski definition) is 1. The van der Waals surface area contributed by atoms with E-state index in [1.165, 1.54) is 5.56 Å². The molecule has 0 saturated carbocycles. The summed E-state index contributed by atoms with van der Waals surface area (Å²) in [6, 6.07) is 6.22. The van der Waals surface area contributed by atoms with Gasteiger partial charge in [0.15, 0.2) is 0 Å². The summed E-state index contributed by atoms with van der Waals surface area (Å²) in [6.45, 7) is 1.43. The van der Waals surface area contributed by atoms with Crippen LogP contribution in [-0.4, -0.2) is 28.9 Å². The van der Waals surface area contributed by atoms with Crippen LogP contribution in [-0.2, 0) is 4.79 Å². The lowest BCUT2D eigenvalue weighted by molar-refractivity contribution is -0.117. The van der Waals surface area contributed by atoms with Gasteiger partial charge in [0.05, 0.1) is 18.4 Å². The second-order valence-electron chi connectivity index (χ2n) is 4.98. The zero-order valence-electron chi connectivity index (χ0n) is 11.2. The van der Waals surface area contributed by atoms with Crippen molar-refractivity contribution in [3.8, 4) is 0 Å². The number of pyridine rings is 1. The minimum atomic E-state index is 0.0279. The Hall–Kier alpha value is -1.72. The average Bonchev–Trinajstić information content (AvgIpc) is 3.10. The van der Waals surface area contributed by atoms with Crippen molar-refractivity contribution in [2.45, 2.75) is 18.9 Å². The summed E-state index contributed by atoms with van der Waals surface area (Å²) in [4.78, 5) is 18.4. The molecule has 3 rings (SSSR count). The van der Waals surface area contributed by atoms with E-state index in [1.54, 1.807) is 23.7 Å². The molecule has 1 fully saturated rings. The third kappa shape index (κ3) is 3.05. The quantitative estimate of drug-likeness (QED) is 0.940. The van der Waals surface area contributed by atoms with E-state index in [0.717, 1.165) is 25.1 Å². The number of aromatic nitrogens is 1. The smallest absolute Gasteiger partial charge is 0.238 e. The van der Waals surface area contributed by atoms with Crippen LogP contribution >= 0.6 is 11.3 Å². The van der Waals surface area contributed by atoms with E-state index in [0.29, 0.717) is 12.6 Å². The maximum atomic E-state index is 12.1. The average molecular weight is 287 g/mol. The lowest BCUT2D eigenvalue weighted by Crippen LogP contribution is -2.32. The van der Waals surface area contributed by atoms with Crippen LogP contribution in [0.15, 0.2) is 41.4 Å². The largest absolute Gasteiger partial charge is 0.324 e. The Morgan fingerprint density at radius 1 is 1.50 bits per heavy atom. The highest BCUT2D eigenvalue weighted by Crippen LogP contribution is 2.32. The van der Waals surface area contributed by atoms with Crippen LogP contribution in [0.1, 0.15) is 24.4 Å². The van der Waals surface area contributed by atoms with Gasteiger partial charge < -0.3 is 5.32 Å². The van der Waals surface area contributed by atoms with Crippen LogP contribution in [0, 0.1) is 0 Å². The molecule has 2 aromatic rings. The monoisotopic (exact) mass is 287 g/mol. The number of carbonyl (C=O) groups excluding carboxylic acids is 1. The van der Waals surface area contributed by atoms with Gasteiger partial charge >= 0.3 is 0 Å². The van der Waals surface area contributed by atoms with E-state index in [4.69, 9.17) is 0 Å². The summed E-state index contributed by atoms with van der Waals surface area (Å²) in [5, 5.41) is 7.18. The first-order valence-electron chi connectivity index (χ1n) is 6.79. The maximum Gasteiger partial charge on any atom is 0.238 e. The Balaban J connectivity index is 1.61. The zero-order chi connectivity index (χ0) is 13.8. The number of carbonyl (C=O) groups is 1. The fraction of sp³-hybridized carbons (Fsp3) is 0.333. The third-order valence-corrected chi connectivity index (χ3v) is 4.29. The SMILES string of the molecule is O=C(CN1CCC[C@H]1c1ccsc1)Nc1cccnc1. The van der Waals surface area contributed by atoms with E-state index < -0.39 is 0 Å². The van der Waals surface area contributed by atoms with Gasteiger partial charge in [-0.2, -0.15) is 11.3 Å². The molecular weight excluding hydrogens is 270 g/mol. The molecule has 5 heteroatoms. The minimum absolute atomic E-state index is 0.0279. The Morgan fingerprint density at radius 3 is 3.20 bits per heavy atom. The normalized spacial score (nSPS) is 19.1. The van der Waals surface area contributed by atoms with Crippen LogP contribution < -0.4 is 5.32 Å². The molecular formula is C15H17N3OS. The molecule has 0 unspecified atom stereocenters. The van der Waals surface area contributed by atoms with Crippen molar-refractivity contribution in [3.05, 3.63) is 46.9 Å². The third-order valence-electron chi connectivity index (χ3n) is 3.58. The molecule has 104 valence electrons. The molecule has 1 N–H and O–H groups in total. The molecule has 0 spiro atoms. The van der Waals surface area contributed by atoms with Gasteiger partial charge in [0.2, 0.25) is 5.91 Å². The Labute approximate surface area is 122 Å². The zero-order valence-corrected chi connectivity index (χ0v) is 12.0. The number of thiophene rings is 1. The van der Waals surface area contributed by atoms with Gasteiger partial charge in [0.1, 0.15) is 0 Å². The standard InChI is InChI=1S/C15H17N3OS/c19-15(17-13-3-1-6-16-9-13)10-18-7-2-4-14(18)12-5-8-20-11-12/h1,3,5-6,8-9,11,14H,2,4,7,10H2,(H,17,19)/t14-/m0/s1.